The molecule has 0 unspecified atom stereocenters. The van der Waals surface area contributed by atoms with E-state index < -0.39 is 0 Å². The highest BCUT2D eigenvalue weighted by Gasteiger charge is 2.23. The topological polar surface area (TPSA) is 73.0 Å². The number of carbonyl (C=O) groups excluding carboxylic acids is 1. The van der Waals surface area contributed by atoms with Gasteiger partial charge in [-0.25, -0.2) is 4.68 Å². The smallest absolute Gasteiger partial charge is 0.291 e. The van der Waals surface area contributed by atoms with Gasteiger partial charge in [-0.05, 0) is 44.0 Å². The van der Waals surface area contributed by atoms with E-state index in [-0.39, 0.29) is 17.8 Å². The average molecular weight is 350 g/mol. The van der Waals surface area contributed by atoms with E-state index in [1.165, 1.54) is 6.42 Å². The van der Waals surface area contributed by atoms with Crippen LogP contribution in [0, 0.1) is 6.92 Å². The van der Waals surface area contributed by atoms with Crippen LogP contribution < -0.4 is 5.32 Å². The van der Waals surface area contributed by atoms with Crippen LogP contribution >= 0.6 is 0 Å². The third-order valence-electron chi connectivity index (χ3n) is 4.77. The summed E-state index contributed by atoms with van der Waals surface area (Å²) in [6.45, 7) is 2.03. The van der Waals surface area contributed by atoms with Gasteiger partial charge in [-0.3, -0.25) is 4.79 Å². The predicted molar refractivity (Wildman–Crippen MR) is 98.1 cm³/mol. The summed E-state index contributed by atoms with van der Waals surface area (Å²) in [5, 5.41) is 7.54. The maximum Gasteiger partial charge on any atom is 0.291 e. The number of amides is 1. The van der Waals surface area contributed by atoms with E-state index in [0.717, 1.165) is 36.9 Å². The van der Waals surface area contributed by atoms with Crippen molar-refractivity contribution in [2.45, 2.75) is 45.1 Å². The molecule has 6 heteroatoms. The molecule has 0 saturated heterocycles. The highest BCUT2D eigenvalue weighted by molar-refractivity contribution is 5.91. The zero-order valence-corrected chi connectivity index (χ0v) is 14.8. The van der Waals surface area contributed by atoms with Gasteiger partial charge in [0.25, 0.3) is 5.91 Å². The zero-order chi connectivity index (χ0) is 17.9. The number of hydrogen-bond acceptors (Lipinski definition) is 4. The number of hydrogen-bond donors (Lipinski definition) is 1. The summed E-state index contributed by atoms with van der Waals surface area (Å²) in [5.74, 6) is 1.04. The molecule has 0 atom stereocenters. The number of aryl methyl sites for hydroxylation is 1. The average Bonchev–Trinajstić information content (AvgIpc) is 3.33. The van der Waals surface area contributed by atoms with Gasteiger partial charge in [0.1, 0.15) is 0 Å². The van der Waals surface area contributed by atoms with Gasteiger partial charge in [-0.1, -0.05) is 37.0 Å². The van der Waals surface area contributed by atoms with Gasteiger partial charge in [-0.2, -0.15) is 4.98 Å². The van der Waals surface area contributed by atoms with E-state index in [2.05, 4.69) is 15.4 Å². The number of benzene rings is 1. The van der Waals surface area contributed by atoms with E-state index in [9.17, 15) is 4.79 Å². The molecule has 0 aliphatic heterocycles. The Morgan fingerprint density at radius 3 is 2.62 bits per heavy atom. The summed E-state index contributed by atoms with van der Waals surface area (Å²) < 4.78 is 7.15. The Bertz CT molecular complexity index is 875. The molecule has 1 aliphatic carbocycles. The summed E-state index contributed by atoms with van der Waals surface area (Å²) in [5.41, 5.74) is 2.00. The number of aromatic nitrogens is 3. The molecule has 1 N–H and O–H groups in total. The van der Waals surface area contributed by atoms with Crippen LogP contribution in [0.1, 0.15) is 48.3 Å². The minimum atomic E-state index is -0.226. The molecule has 2 heterocycles. The maximum atomic E-state index is 12.7. The molecule has 26 heavy (non-hydrogen) atoms. The number of nitrogens with one attached hydrogen (secondary N) is 1. The molecule has 0 radical (unpaired) electrons. The van der Waals surface area contributed by atoms with E-state index in [1.807, 2.05) is 37.3 Å². The first kappa shape index (κ1) is 16.6. The fourth-order valence-electron chi connectivity index (χ4n) is 3.34. The summed E-state index contributed by atoms with van der Waals surface area (Å²) in [4.78, 5) is 17.1. The van der Waals surface area contributed by atoms with Crippen molar-refractivity contribution in [3.05, 3.63) is 54.0 Å². The van der Waals surface area contributed by atoms with E-state index in [0.29, 0.717) is 11.6 Å². The van der Waals surface area contributed by atoms with Gasteiger partial charge in [0.2, 0.25) is 5.82 Å². The second-order valence-corrected chi connectivity index (χ2v) is 6.79. The summed E-state index contributed by atoms with van der Waals surface area (Å²) >= 11 is 0. The molecule has 2 aromatic heterocycles. The maximum absolute atomic E-state index is 12.7. The van der Waals surface area contributed by atoms with Gasteiger partial charge < -0.3 is 9.73 Å². The van der Waals surface area contributed by atoms with Crippen LogP contribution in [0.4, 0.5) is 0 Å². The fourth-order valence-corrected chi connectivity index (χ4v) is 3.34. The van der Waals surface area contributed by atoms with E-state index in [1.54, 1.807) is 17.0 Å². The van der Waals surface area contributed by atoms with Gasteiger partial charge >= 0.3 is 0 Å². The van der Waals surface area contributed by atoms with Crippen molar-refractivity contribution in [2.24, 2.45) is 0 Å². The first-order valence-electron chi connectivity index (χ1n) is 9.09. The summed E-state index contributed by atoms with van der Waals surface area (Å²) in [7, 11) is 0. The van der Waals surface area contributed by atoms with Gasteiger partial charge in [0, 0.05) is 6.04 Å². The van der Waals surface area contributed by atoms with Crippen LogP contribution in [-0.4, -0.2) is 26.7 Å². The minimum absolute atomic E-state index is 0.169. The monoisotopic (exact) mass is 350 g/mol. The van der Waals surface area contributed by atoms with Crippen molar-refractivity contribution in [2.75, 3.05) is 0 Å². The molecular formula is C20H22N4O2. The largest absolute Gasteiger partial charge is 0.461 e. The molecule has 0 spiro atoms. The van der Waals surface area contributed by atoms with Crippen LogP contribution in [0.3, 0.4) is 0 Å². The molecule has 1 amide bonds. The van der Waals surface area contributed by atoms with Gasteiger partial charge in [-0.15, -0.1) is 5.10 Å². The molecule has 0 bridgehead atoms. The fraction of sp³-hybridized carbons (Fsp3) is 0.350. The third kappa shape index (κ3) is 3.40. The molecule has 1 aliphatic rings. The third-order valence-corrected chi connectivity index (χ3v) is 4.77. The second kappa shape index (κ2) is 7.15. The molecule has 1 fully saturated rings. The van der Waals surface area contributed by atoms with Crippen molar-refractivity contribution in [3.8, 4) is 17.3 Å². The van der Waals surface area contributed by atoms with Crippen molar-refractivity contribution < 1.29 is 9.21 Å². The van der Waals surface area contributed by atoms with Crippen LogP contribution in [0.2, 0.25) is 0 Å². The van der Waals surface area contributed by atoms with Crippen LogP contribution in [0.5, 0.6) is 0 Å². The van der Waals surface area contributed by atoms with Crippen LogP contribution in [0.25, 0.3) is 17.3 Å². The van der Waals surface area contributed by atoms with E-state index in [4.69, 9.17) is 4.42 Å². The van der Waals surface area contributed by atoms with Crippen molar-refractivity contribution >= 4 is 5.91 Å². The van der Waals surface area contributed by atoms with Gasteiger partial charge in [0.15, 0.2) is 11.6 Å². The number of carbonyl (C=O) groups is 1. The first-order chi connectivity index (χ1) is 12.7. The molecule has 6 nitrogen and oxygen atoms in total. The Hall–Kier alpha value is -2.89. The number of nitrogens with zero attached hydrogens (tertiary/aromatic N) is 3. The predicted octanol–water partition coefficient (Wildman–Crippen LogP) is 3.90. The molecule has 1 saturated carbocycles. The molecule has 134 valence electrons. The molecule has 1 aromatic carbocycles. The van der Waals surface area contributed by atoms with E-state index >= 15 is 0 Å². The number of furan rings is 1. The Balaban J connectivity index is 1.66. The molecular weight excluding hydrogens is 328 g/mol. The quantitative estimate of drug-likeness (QED) is 0.774. The lowest BCUT2D eigenvalue weighted by Crippen LogP contribution is -2.36. The zero-order valence-electron chi connectivity index (χ0n) is 14.8. The van der Waals surface area contributed by atoms with Gasteiger partial charge in [0.05, 0.1) is 12.0 Å². The standard InChI is InChI=1S/C20H22N4O2/c1-14-9-11-16(12-10-14)24-19(17-8-5-13-26-17)22-18(23-24)20(25)21-15-6-3-2-4-7-15/h5,8-13,15H,2-4,6-7H2,1H3,(H,21,25). The lowest BCUT2D eigenvalue weighted by Gasteiger charge is -2.21. The van der Waals surface area contributed by atoms with Crippen molar-refractivity contribution in [1.82, 2.24) is 20.1 Å². The Morgan fingerprint density at radius 1 is 1.15 bits per heavy atom. The first-order valence-corrected chi connectivity index (χ1v) is 9.09. The lowest BCUT2D eigenvalue weighted by molar-refractivity contribution is 0.0917. The summed E-state index contributed by atoms with van der Waals surface area (Å²) in [6, 6.07) is 11.8. The Labute approximate surface area is 152 Å². The lowest BCUT2D eigenvalue weighted by atomic mass is 9.95. The summed E-state index contributed by atoms with van der Waals surface area (Å²) in [6.07, 6.45) is 7.20. The Kier molecular flexibility index (Phi) is 4.56. The van der Waals surface area contributed by atoms with Crippen molar-refractivity contribution in [1.29, 1.82) is 0 Å². The normalized spacial score (nSPS) is 15.1. The SMILES string of the molecule is Cc1ccc(-n2nc(C(=O)NC3CCCCC3)nc2-c2ccco2)cc1. The number of rotatable bonds is 4. The molecule has 4 rings (SSSR count). The highest BCUT2D eigenvalue weighted by Crippen LogP contribution is 2.22. The van der Waals surface area contributed by atoms with Crippen molar-refractivity contribution in [3.63, 3.8) is 0 Å². The van der Waals surface area contributed by atoms with Crippen LogP contribution in [0.15, 0.2) is 47.1 Å². The Morgan fingerprint density at radius 2 is 1.92 bits per heavy atom. The highest BCUT2D eigenvalue weighted by atomic mass is 16.3. The molecule has 3 aromatic rings. The second-order valence-electron chi connectivity index (χ2n) is 6.79. The van der Waals surface area contributed by atoms with Crippen LogP contribution in [-0.2, 0) is 0 Å². The minimum Gasteiger partial charge on any atom is -0.461 e.